The van der Waals surface area contributed by atoms with Gasteiger partial charge in [-0.3, -0.25) is 9.78 Å². The van der Waals surface area contributed by atoms with Gasteiger partial charge >= 0.3 is 0 Å². The maximum absolute atomic E-state index is 12.1. The van der Waals surface area contributed by atoms with E-state index < -0.39 is 0 Å². The molecule has 0 radical (unpaired) electrons. The molecule has 20 heavy (non-hydrogen) atoms. The van der Waals surface area contributed by atoms with Crippen molar-refractivity contribution in [2.75, 3.05) is 38.3 Å². The summed E-state index contributed by atoms with van der Waals surface area (Å²) in [6, 6.07) is 7.34. The number of nitrogens with zero attached hydrogens (tertiary/aromatic N) is 2. The Bertz CT molecular complexity index is 653. The number of morpholine rings is 1. The van der Waals surface area contributed by atoms with Gasteiger partial charge in [-0.2, -0.15) is 0 Å². The van der Waals surface area contributed by atoms with Gasteiger partial charge in [0.1, 0.15) is 0 Å². The fraction of sp³-hybridized carbons (Fsp3) is 0.429. The van der Waals surface area contributed by atoms with Gasteiger partial charge in [0, 0.05) is 20.2 Å². The van der Waals surface area contributed by atoms with Crippen molar-refractivity contribution in [3.63, 3.8) is 0 Å². The molecule has 1 atom stereocenters. The highest BCUT2D eigenvalue weighted by Crippen LogP contribution is 2.15. The van der Waals surface area contributed by atoms with Gasteiger partial charge in [0.05, 0.1) is 30.2 Å². The second-order valence-corrected chi connectivity index (χ2v) is 4.80. The molecule has 0 unspecified atom stereocenters. The van der Waals surface area contributed by atoms with E-state index in [4.69, 9.17) is 9.47 Å². The Hall–Kier alpha value is -1.92. The van der Waals surface area contributed by atoms with E-state index in [1.165, 1.54) is 0 Å². The number of methoxy groups -OCH3 is 1. The second-order valence-electron chi connectivity index (χ2n) is 4.80. The van der Waals surface area contributed by atoms with Crippen LogP contribution in [0.15, 0.2) is 29.1 Å². The maximum Gasteiger partial charge on any atom is 0.260 e. The third-order valence-electron chi connectivity index (χ3n) is 3.39. The average Bonchev–Trinajstić information content (AvgIpc) is 2.48. The quantitative estimate of drug-likeness (QED) is 0.896. The lowest BCUT2D eigenvalue weighted by atomic mass is 10.2. The molecule has 1 saturated heterocycles. The molecule has 1 aliphatic rings. The topological polar surface area (TPSA) is 67.5 Å². The van der Waals surface area contributed by atoms with Crippen molar-refractivity contribution >= 4 is 16.9 Å². The third kappa shape index (κ3) is 2.52. The summed E-state index contributed by atoms with van der Waals surface area (Å²) < 4.78 is 10.7. The molecule has 6 heteroatoms. The molecule has 0 saturated carbocycles. The minimum Gasteiger partial charge on any atom is -0.382 e. The Balaban J connectivity index is 1.92. The molecule has 1 aliphatic heterocycles. The summed E-state index contributed by atoms with van der Waals surface area (Å²) in [6.07, 6.45) is 0.00511. The van der Waals surface area contributed by atoms with Crippen molar-refractivity contribution in [2.45, 2.75) is 6.10 Å². The number of fused-ring (bicyclic) bond motifs is 1. The van der Waals surface area contributed by atoms with Crippen molar-refractivity contribution in [2.24, 2.45) is 0 Å². The fourth-order valence-electron chi connectivity index (χ4n) is 2.42. The van der Waals surface area contributed by atoms with Crippen LogP contribution in [0.5, 0.6) is 0 Å². The number of benzene rings is 1. The Morgan fingerprint density at radius 3 is 3.20 bits per heavy atom. The number of rotatable bonds is 3. The summed E-state index contributed by atoms with van der Waals surface area (Å²) in [5.41, 5.74) is 0.599. The van der Waals surface area contributed by atoms with Crippen LogP contribution in [0.4, 0.5) is 5.95 Å². The lowest BCUT2D eigenvalue weighted by Crippen LogP contribution is -2.45. The van der Waals surface area contributed by atoms with Crippen LogP contribution in [0, 0.1) is 0 Å². The lowest BCUT2D eigenvalue weighted by Gasteiger charge is -2.32. The van der Waals surface area contributed by atoms with Crippen molar-refractivity contribution in [3.8, 4) is 0 Å². The molecule has 106 valence electrons. The van der Waals surface area contributed by atoms with Crippen molar-refractivity contribution < 1.29 is 9.47 Å². The van der Waals surface area contributed by atoms with E-state index in [2.05, 4.69) is 9.97 Å². The zero-order valence-corrected chi connectivity index (χ0v) is 11.3. The van der Waals surface area contributed by atoms with E-state index in [1.54, 1.807) is 13.2 Å². The van der Waals surface area contributed by atoms with E-state index in [1.807, 2.05) is 23.1 Å². The molecule has 0 spiro atoms. The van der Waals surface area contributed by atoms with E-state index in [0.29, 0.717) is 43.2 Å². The molecule has 1 aromatic carbocycles. The first kappa shape index (κ1) is 13.1. The summed E-state index contributed by atoms with van der Waals surface area (Å²) in [5, 5.41) is 0.609. The zero-order chi connectivity index (χ0) is 13.9. The molecular formula is C14H17N3O3. The molecule has 1 aromatic heterocycles. The number of aromatic amines is 1. The number of ether oxygens (including phenoxy) is 2. The van der Waals surface area contributed by atoms with Crippen LogP contribution in [-0.4, -0.2) is 49.5 Å². The van der Waals surface area contributed by atoms with Gasteiger partial charge in [-0.1, -0.05) is 12.1 Å². The molecule has 3 rings (SSSR count). The van der Waals surface area contributed by atoms with Gasteiger partial charge in [-0.25, -0.2) is 4.98 Å². The van der Waals surface area contributed by atoms with E-state index in [9.17, 15) is 4.79 Å². The second kappa shape index (κ2) is 5.60. The van der Waals surface area contributed by atoms with Crippen LogP contribution in [0.3, 0.4) is 0 Å². The highest BCUT2D eigenvalue weighted by molar-refractivity contribution is 5.78. The normalized spacial score (nSPS) is 19.4. The predicted octanol–water partition coefficient (Wildman–Crippen LogP) is 0.775. The monoisotopic (exact) mass is 275 g/mol. The maximum atomic E-state index is 12.1. The number of nitrogens with one attached hydrogen (secondary N) is 1. The number of hydrogen-bond acceptors (Lipinski definition) is 5. The molecule has 2 aromatic rings. The van der Waals surface area contributed by atoms with Crippen LogP contribution in [-0.2, 0) is 9.47 Å². The molecule has 0 bridgehead atoms. The van der Waals surface area contributed by atoms with Crippen LogP contribution in [0.25, 0.3) is 10.9 Å². The first-order chi connectivity index (χ1) is 9.78. The van der Waals surface area contributed by atoms with Crippen LogP contribution >= 0.6 is 0 Å². The highest BCUT2D eigenvalue weighted by Gasteiger charge is 2.22. The minimum atomic E-state index is -0.111. The summed E-state index contributed by atoms with van der Waals surface area (Å²) >= 11 is 0. The first-order valence-electron chi connectivity index (χ1n) is 6.62. The Morgan fingerprint density at radius 1 is 1.50 bits per heavy atom. The zero-order valence-electron chi connectivity index (χ0n) is 11.3. The number of hydrogen-bond donors (Lipinski definition) is 1. The standard InChI is InChI=1S/C14H17N3O3/c1-19-9-10-8-17(6-7-20-10)14-15-12-5-3-2-4-11(12)13(18)16-14/h2-5,10H,6-9H2,1H3,(H,15,16,18)/t10-/m0/s1. The van der Waals surface area contributed by atoms with Crippen molar-refractivity contribution in [1.82, 2.24) is 9.97 Å². The van der Waals surface area contributed by atoms with Gasteiger partial charge in [0.2, 0.25) is 5.95 Å². The SMILES string of the molecule is COC[C@@H]1CN(c2nc3ccccc3c(=O)[nH]2)CCO1. The number of para-hydroxylation sites is 1. The summed E-state index contributed by atoms with van der Waals surface area (Å²) in [4.78, 5) is 21.5. The molecule has 2 heterocycles. The van der Waals surface area contributed by atoms with Gasteiger partial charge in [-0.05, 0) is 12.1 Å². The van der Waals surface area contributed by atoms with E-state index in [0.717, 1.165) is 0 Å². The first-order valence-corrected chi connectivity index (χ1v) is 6.62. The summed E-state index contributed by atoms with van der Waals surface area (Å²) in [5.74, 6) is 0.595. The van der Waals surface area contributed by atoms with Crippen molar-refractivity contribution in [1.29, 1.82) is 0 Å². The average molecular weight is 275 g/mol. The van der Waals surface area contributed by atoms with E-state index in [-0.39, 0.29) is 11.7 Å². The number of anilines is 1. The predicted molar refractivity (Wildman–Crippen MR) is 76.2 cm³/mol. The fourth-order valence-corrected chi connectivity index (χ4v) is 2.42. The van der Waals surface area contributed by atoms with E-state index >= 15 is 0 Å². The number of H-pyrrole nitrogens is 1. The van der Waals surface area contributed by atoms with Crippen LogP contribution in [0.1, 0.15) is 0 Å². The summed E-state index contributed by atoms with van der Waals surface area (Å²) in [7, 11) is 1.65. The summed E-state index contributed by atoms with van der Waals surface area (Å²) in [6.45, 7) is 2.51. The smallest absolute Gasteiger partial charge is 0.260 e. The Morgan fingerprint density at radius 2 is 2.35 bits per heavy atom. The third-order valence-corrected chi connectivity index (χ3v) is 3.39. The molecule has 1 fully saturated rings. The lowest BCUT2D eigenvalue weighted by molar-refractivity contribution is -0.0104. The van der Waals surface area contributed by atoms with Gasteiger partial charge < -0.3 is 14.4 Å². The molecule has 1 N–H and O–H groups in total. The van der Waals surface area contributed by atoms with Crippen molar-refractivity contribution in [3.05, 3.63) is 34.6 Å². The van der Waals surface area contributed by atoms with Gasteiger partial charge in [0.25, 0.3) is 5.56 Å². The molecular weight excluding hydrogens is 258 g/mol. The highest BCUT2D eigenvalue weighted by atomic mass is 16.5. The molecule has 0 aliphatic carbocycles. The Labute approximate surface area is 116 Å². The minimum absolute atomic E-state index is 0.00511. The largest absolute Gasteiger partial charge is 0.382 e. The van der Waals surface area contributed by atoms with Gasteiger partial charge in [-0.15, -0.1) is 0 Å². The Kier molecular flexibility index (Phi) is 3.66. The van der Waals surface area contributed by atoms with Crippen LogP contribution < -0.4 is 10.5 Å². The molecule has 0 amide bonds. The number of aromatic nitrogens is 2. The molecule has 6 nitrogen and oxygen atoms in total. The van der Waals surface area contributed by atoms with Gasteiger partial charge in [0.15, 0.2) is 0 Å². The van der Waals surface area contributed by atoms with Crippen LogP contribution in [0.2, 0.25) is 0 Å².